The Morgan fingerprint density at radius 3 is 2.85 bits per heavy atom. The highest BCUT2D eigenvalue weighted by Crippen LogP contribution is 2.35. The van der Waals surface area contributed by atoms with Crippen LogP contribution in [-0.2, 0) is 35.0 Å². The summed E-state index contributed by atoms with van der Waals surface area (Å²) in [4.78, 5) is 28.9. The smallest absolute Gasteiger partial charge is 0.268 e. The molecule has 0 radical (unpaired) electrons. The highest BCUT2D eigenvalue weighted by Gasteiger charge is 2.35. The zero-order valence-electron chi connectivity index (χ0n) is 22.9. The second kappa shape index (κ2) is 10.5. The van der Waals surface area contributed by atoms with Gasteiger partial charge in [0.25, 0.3) is 5.54 Å². The minimum atomic E-state index is -0.734. The average molecular weight is 529 g/mol. The van der Waals surface area contributed by atoms with Crippen LogP contribution in [0.1, 0.15) is 57.1 Å². The van der Waals surface area contributed by atoms with Gasteiger partial charge >= 0.3 is 0 Å². The summed E-state index contributed by atoms with van der Waals surface area (Å²) < 4.78 is 15.7. The van der Waals surface area contributed by atoms with Crippen molar-refractivity contribution in [2.75, 3.05) is 18.5 Å². The van der Waals surface area contributed by atoms with Gasteiger partial charge in [0.05, 0.1) is 30.1 Å². The second-order valence-corrected chi connectivity index (χ2v) is 10.3. The van der Waals surface area contributed by atoms with Crippen LogP contribution in [-0.4, -0.2) is 48.3 Å². The van der Waals surface area contributed by atoms with E-state index < -0.39 is 5.54 Å². The molecular weight excluding hydrogens is 496 g/mol. The number of ether oxygens (including phenoxy) is 2. The Bertz CT molecular complexity index is 1570. The number of fused-ring (bicyclic) bond motifs is 1. The number of aromatic nitrogens is 6. The standard InChI is InChI=1S/C28H32N8O3/c1-7-21-22(39-20-8-10-30-18(13-20)12-17(2)37)15-31-26-25(21)35(6)27(33-26)32-24-14-23(28(3,4)29-5)36(34-24)19-9-11-38-16-19/h8,10,13-15,19H,7,9,11-12,16H2,1-4,6H3,(H,31,32,33,34)/t19-/m0/s1. The van der Waals surface area contributed by atoms with Crippen molar-refractivity contribution >= 4 is 28.7 Å². The van der Waals surface area contributed by atoms with Crippen molar-refractivity contribution in [1.82, 2.24) is 29.3 Å². The number of carbonyl (C=O) groups is 1. The Labute approximate surface area is 227 Å². The minimum Gasteiger partial charge on any atom is -0.455 e. The van der Waals surface area contributed by atoms with E-state index in [1.165, 1.54) is 6.92 Å². The quantitative estimate of drug-likeness (QED) is 0.305. The third-order valence-electron chi connectivity index (χ3n) is 6.90. The Hall–Kier alpha value is -4.30. The molecule has 0 aromatic carbocycles. The highest BCUT2D eigenvalue weighted by molar-refractivity contribution is 5.81. The molecule has 0 aliphatic carbocycles. The van der Waals surface area contributed by atoms with Crippen LogP contribution >= 0.6 is 0 Å². The van der Waals surface area contributed by atoms with E-state index in [9.17, 15) is 4.79 Å². The van der Waals surface area contributed by atoms with Gasteiger partial charge in [-0.3, -0.25) is 14.5 Å². The molecule has 4 aromatic heterocycles. The Morgan fingerprint density at radius 2 is 2.15 bits per heavy atom. The van der Waals surface area contributed by atoms with E-state index in [1.807, 2.05) is 36.2 Å². The van der Waals surface area contributed by atoms with Crippen molar-refractivity contribution in [3.63, 3.8) is 0 Å². The molecule has 0 spiro atoms. The van der Waals surface area contributed by atoms with E-state index >= 15 is 0 Å². The van der Waals surface area contributed by atoms with Gasteiger partial charge in [0, 0.05) is 57.8 Å². The van der Waals surface area contributed by atoms with Crippen molar-refractivity contribution in [3.8, 4) is 11.5 Å². The molecule has 0 amide bonds. The van der Waals surface area contributed by atoms with Crippen LogP contribution in [0, 0.1) is 6.57 Å². The van der Waals surface area contributed by atoms with Gasteiger partial charge in [-0.05, 0) is 25.8 Å². The minimum absolute atomic E-state index is 0.0399. The number of imidazole rings is 1. The van der Waals surface area contributed by atoms with E-state index in [0.29, 0.717) is 54.2 Å². The Balaban J connectivity index is 1.48. The summed E-state index contributed by atoms with van der Waals surface area (Å²) in [6, 6.07) is 5.54. The molecule has 1 saturated heterocycles. The van der Waals surface area contributed by atoms with Crippen LogP contribution in [0.3, 0.4) is 0 Å². The number of aryl methyl sites for hydroxylation is 2. The number of carbonyl (C=O) groups excluding carboxylic acids is 1. The molecule has 11 nitrogen and oxygen atoms in total. The van der Waals surface area contributed by atoms with Crippen LogP contribution in [0.5, 0.6) is 11.5 Å². The lowest BCUT2D eigenvalue weighted by atomic mass is 10.0. The zero-order valence-corrected chi connectivity index (χ0v) is 22.9. The van der Waals surface area contributed by atoms with Crippen molar-refractivity contribution in [1.29, 1.82) is 0 Å². The second-order valence-electron chi connectivity index (χ2n) is 10.3. The fraction of sp³-hybridized carbons (Fsp3) is 0.429. The average Bonchev–Trinajstić information content (AvgIpc) is 3.64. The van der Waals surface area contributed by atoms with Crippen LogP contribution < -0.4 is 10.1 Å². The van der Waals surface area contributed by atoms with Crippen molar-refractivity contribution < 1.29 is 14.3 Å². The molecular formula is C28H32N8O3. The van der Waals surface area contributed by atoms with Crippen molar-refractivity contribution in [3.05, 3.63) is 59.0 Å². The maximum atomic E-state index is 11.5. The summed E-state index contributed by atoms with van der Waals surface area (Å²) in [6.45, 7) is 16.4. The zero-order chi connectivity index (χ0) is 27.7. The molecule has 1 aliphatic heterocycles. The number of pyridine rings is 2. The molecule has 202 valence electrons. The summed E-state index contributed by atoms with van der Waals surface area (Å²) in [5.74, 6) is 2.44. The van der Waals surface area contributed by atoms with Gasteiger partial charge in [0.2, 0.25) is 5.95 Å². The third kappa shape index (κ3) is 5.20. The molecule has 0 bridgehead atoms. The molecule has 11 heteroatoms. The van der Waals surface area contributed by atoms with E-state index in [-0.39, 0.29) is 18.2 Å². The van der Waals surface area contributed by atoms with Gasteiger partial charge in [0.1, 0.15) is 17.2 Å². The molecule has 1 atom stereocenters. The number of anilines is 2. The van der Waals surface area contributed by atoms with Gasteiger partial charge < -0.3 is 24.2 Å². The normalized spacial score (nSPS) is 15.4. The van der Waals surface area contributed by atoms with E-state index in [0.717, 1.165) is 23.2 Å². The number of hydrogen-bond acceptors (Lipinski definition) is 8. The summed E-state index contributed by atoms with van der Waals surface area (Å²) in [5, 5.41) is 8.15. The summed E-state index contributed by atoms with van der Waals surface area (Å²) in [5.41, 5.74) is 3.14. The lowest BCUT2D eigenvalue weighted by Crippen LogP contribution is -2.22. The lowest BCUT2D eigenvalue weighted by Gasteiger charge is -2.17. The van der Waals surface area contributed by atoms with Crippen molar-refractivity contribution in [2.45, 2.75) is 58.5 Å². The van der Waals surface area contributed by atoms with Crippen LogP contribution in [0.4, 0.5) is 11.8 Å². The lowest BCUT2D eigenvalue weighted by molar-refractivity contribution is -0.116. The third-order valence-corrected chi connectivity index (χ3v) is 6.90. The van der Waals surface area contributed by atoms with Crippen LogP contribution in [0.15, 0.2) is 30.6 Å². The number of nitrogens with zero attached hydrogens (tertiary/aromatic N) is 7. The van der Waals surface area contributed by atoms with Crippen LogP contribution in [0.2, 0.25) is 0 Å². The van der Waals surface area contributed by atoms with Crippen LogP contribution in [0.25, 0.3) is 16.0 Å². The molecule has 39 heavy (non-hydrogen) atoms. The number of hydrogen-bond donors (Lipinski definition) is 1. The molecule has 1 fully saturated rings. The van der Waals surface area contributed by atoms with E-state index in [2.05, 4.69) is 27.1 Å². The fourth-order valence-electron chi connectivity index (χ4n) is 4.84. The summed E-state index contributed by atoms with van der Waals surface area (Å²) >= 11 is 0. The predicted octanol–water partition coefficient (Wildman–Crippen LogP) is 4.91. The summed E-state index contributed by atoms with van der Waals surface area (Å²) in [6.07, 6.45) is 5.11. The molecule has 1 aliphatic rings. The van der Waals surface area contributed by atoms with Gasteiger partial charge in [-0.15, -0.1) is 0 Å². The number of rotatable bonds is 9. The fourth-order valence-corrected chi connectivity index (χ4v) is 4.84. The first-order chi connectivity index (χ1) is 18.7. The predicted molar refractivity (Wildman–Crippen MR) is 146 cm³/mol. The van der Waals surface area contributed by atoms with Gasteiger partial charge in [0.15, 0.2) is 17.2 Å². The first-order valence-corrected chi connectivity index (χ1v) is 13.0. The molecule has 0 saturated carbocycles. The molecule has 5 rings (SSSR count). The monoisotopic (exact) mass is 528 g/mol. The largest absolute Gasteiger partial charge is 0.455 e. The summed E-state index contributed by atoms with van der Waals surface area (Å²) in [7, 11) is 1.92. The van der Waals surface area contributed by atoms with E-state index in [4.69, 9.17) is 26.1 Å². The first kappa shape index (κ1) is 26.3. The van der Waals surface area contributed by atoms with Gasteiger partial charge in [-0.1, -0.05) is 6.92 Å². The Kier molecular flexibility index (Phi) is 7.06. The Morgan fingerprint density at radius 1 is 1.33 bits per heavy atom. The number of nitrogens with one attached hydrogen (secondary N) is 1. The molecule has 5 heterocycles. The molecule has 4 aromatic rings. The maximum Gasteiger partial charge on any atom is 0.268 e. The first-order valence-electron chi connectivity index (χ1n) is 13.0. The van der Waals surface area contributed by atoms with Gasteiger partial charge in [-0.25, -0.2) is 11.6 Å². The molecule has 1 N–H and O–H groups in total. The van der Waals surface area contributed by atoms with Crippen molar-refractivity contribution in [2.24, 2.45) is 7.05 Å². The SMILES string of the molecule is [C-]#[N+]C(C)(C)c1cc(Nc2nc3ncc(Oc4ccnc(CC(C)=O)c4)c(CC)c3n2C)nn1[C@H]1CCOC1. The number of ketones is 1. The maximum absolute atomic E-state index is 11.5. The van der Waals surface area contributed by atoms with E-state index in [1.54, 1.807) is 24.5 Å². The molecule has 0 unspecified atom stereocenters. The topological polar surface area (TPSA) is 113 Å². The van der Waals surface area contributed by atoms with Gasteiger partial charge in [-0.2, -0.15) is 10.1 Å². The highest BCUT2D eigenvalue weighted by atomic mass is 16.5. The number of Topliss-reactive ketones (excluding diaryl/α,β-unsaturated/α-hetero) is 1.